The first-order valence-electron chi connectivity index (χ1n) is 15.2. The average molecular weight is 574 g/mol. The number of aliphatic hydroxyl groups is 1. The molecular weight excluding hydrogens is 534 g/mol. The van der Waals surface area contributed by atoms with Crippen LogP contribution in [0, 0.1) is 28.6 Å². The smallest absolute Gasteiger partial charge is 0.178 e. The van der Waals surface area contributed by atoms with Gasteiger partial charge in [-0.1, -0.05) is 57.0 Å². The van der Waals surface area contributed by atoms with E-state index in [0.29, 0.717) is 6.42 Å². The van der Waals surface area contributed by atoms with Crippen molar-refractivity contribution in [2.24, 2.45) is 28.6 Å². The van der Waals surface area contributed by atoms with Crippen molar-refractivity contribution in [3.63, 3.8) is 0 Å². The van der Waals surface area contributed by atoms with E-state index in [0.717, 1.165) is 53.5 Å². The van der Waals surface area contributed by atoms with Gasteiger partial charge in [-0.25, -0.2) is 0 Å². The Balaban J connectivity index is 1.23. The second-order valence-corrected chi connectivity index (χ2v) is 14.2. The molecule has 1 saturated heterocycles. The van der Waals surface area contributed by atoms with Gasteiger partial charge in [0.25, 0.3) is 0 Å². The number of Topliss-reactive ketones (excluding diaryl/α,β-unsaturated/α-hetero) is 1. The number of benzene rings is 1. The van der Waals surface area contributed by atoms with Crippen LogP contribution in [0.25, 0.3) is 10.9 Å². The van der Waals surface area contributed by atoms with Gasteiger partial charge >= 0.3 is 0 Å². The molecule has 6 nitrogen and oxygen atoms in total. The number of aliphatic hydroxyl groups excluding tert-OH is 1. The van der Waals surface area contributed by atoms with Crippen molar-refractivity contribution in [2.75, 3.05) is 5.75 Å². The van der Waals surface area contributed by atoms with Crippen LogP contribution in [-0.2, 0) is 19.1 Å². The molecule has 1 aliphatic heterocycles. The summed E-state index contributed by atoms with van der Waals surface area (Å²) in [6.07, 6.45) is 10.6. The molecule has 2 aromatic rings. The molecule has 7 rings (SSSR count). The Bertz CT molecular complexity index is 1460. The number of hydrogen-bond acceptors (Lipinski definition) is 7. The Hall–Kier alpha value is -2.32. The normalized spacial score (nSPS) is 41.0. The lowest BCUT2D eigenvalue weighted by molar-refractivity contribution is -0.197. The van der Waals surface area contributed by atoms with Crippen molar-refractivity contribution >= 4 is 34.2 Å². The van der Waals surface area contributed by atoms with Crippen LogP contribution in [0.15, 0.2) is 65.2 Å². The lowest BCUT2D eigenvalue weighted by Crippen LogP contribution is -2.63. The number of hydrogen-bond donors (Lipinski definition) is 1. The fourth-order valence-electron chi connectivity index (χ4n) is 9.45. The topological polar surface area (TPSA) is 85.7 Å². The van der Waals surface area contributed by atoms with E-state index >= 15 is 0 Å². The highest BCUT2D eigenvalue weighted by atomic mass is 32.2. The standard InChI is InChI=1S/C34H39NO5S/c1-4-7-29-39-28-17-24-23-12-11-21-16-22(36)13-14-32(21,2)30(23)25(37)18-33(24,3)34(28,40-29)27(38)19-41-26-10-5-8-20-9-6-15-35-31(20)26/h5-6,8-10,13-16,23-25,28-30,37H,4,7,11-12,17-19H2,1-3H3/t23?,24?,25?,28-,29?,30?,32?,33?,34-/m1/s1. The van der Waals surface area contributed by atoms with Crippen LogP contribution in [0.3, 0.4) is 0 Å². The molecule has 5 aliphatic rings. The van der Waals surface area contributed by atoms with Crippen molar-refractivity contribution in [3.05, 3.63) is 60.3 Å². The molecule has 7 unspecified atom stereocenters. The second-order valence-electron chi connectivity index (χ2n) is 13.2. The highest BCUT2D eigenvalue weighted by Crippen LogP contribution is 2.69. The molecule has 0 amide bonds. The first-order chi connectivity index (χ1) is 19.7. The van der Waals surface area contributed by atoms with Gasteiger partial charge in [-0.15, -0.1) is 11.8 Å². The first kappa shape index (κ1) is 27.5. The predicted octanol–water partition coefficient (Wildman–Crippen LogP) is 6.07. The third kappa shape index (κ3) is 3.92. The molecule has 1 N–H and O–H groups in total. The Morgan fingerprint density at radius 3 is 2.88 bits per heavy atom. The fourth-order valence-corrected chi connectivity index (χ4v) is 10.4. The second kappa shape index (κ2) is 9.87. The number of aromatic nitrogens is 1. The van der Waals surface area contributed by atoms with Gasteiger partial charge in [0.15, 0.2) is 23.5 Å². The summed E-state index contributed by atoms with van der Waals surface area (Å²) in [7, 11) is 0. The average Bonchev–Trinajstić information content (AvgIpc) is 3.44. The SMILES string of the molecule is CCCC1O[C@@H]2CC3C4CCC5=CC(=O)C=CC5(C)C4C(O)CC3(C)[C@]2(C(=O)CSc2cccc3cccnc23)O1. The number of thioether (sulfide) groups is 1. The summed E-state index contributed by atoms with van der Waals surface area (Å²) in [5.41, 5.74) is 0.0359. The molecule has 0 spiro atoms. The third-order valence-corrected chi connectivity index (χ3v) is 12.2. The Kier molecular flexibility index (Phi) is 6.62. The number of pyridine rings is 1. The van der Waals surface area contributed by atoms with E-state index in [2.05, 4.69) is 25.8 Å². The molecule has 1 aromatic carbocycles. The van der Waals surface area contributed by atoms with Gasteiger partial charge in [0.2, 0.25) is 0 Å². The highest BCUT2D eigenvalue weighted by molar-refractivity contribution is 8.00. The number of para-hydroxylation sites is 1. The maximum absolute atomic E-state index is 14.6. The molecule has 9 atom stereocenters. The summed E-state index contributed by atoms with van der Waals surface area (Å²) in [5.74, 6) is 0.746. The molecule has 2 heterocycles. The minimum atomic E-state index is -1.09. The number of allylic oxidation sites excluding steroid dienone is 4. The predicted molar refractivity (Wildman–Crippen MR) is 158 cm³/mol. The Labute approximate surface area is 246 Å². The van der Waals surface area contributed by atoms with Crippen molar-refractivity contribution in [2.45, 2.75) is 88.3 Å². The van der Waals surface area contributed by atoms with Crippen LogP contribution in [0.2, 0.25) is 0 Å². The summed E-state index contributed by atoms with van der Waals surface area (Å²) >= 11 is 1.52. The quantitative estimate of drug-likeness (QED) is 0.420. The van der Waals surface area contributed by atoms with Crippen LogP contribution in [-0.4, -0.2) is 51.5 Å². The Morgan fingerprint density at radius 2 is 2.05 bits per heavy atom. The van der Waals surface area contributed by atoms with E-state index in [9.17, 15) is 14.7 Å². The number of carbonyl (C=O) groups is 2. The Morgan fingerprint density at radius 1 is 1.22 bits per heavy atom. The zero-order chi connectivity index (χ0) is 28.6. The molecule has 4 aliphatic carbocycles. The van der Waals surface area contributed by atoms with E-state index in [4.69, 9.17) is 9.47 Å². The minimum Gasteiger partial charge on any atom is -0.393 e. The molecule has 216 valence electrons. The number of ketones is 2. The molecule has 0 radical (unpaired) electrons. The summed E-state index contributed by atoms with van der Waals surface area (Å²) in [4.78, 5) is 32.3. The van der Waals surface area contributed by atoms with Crippen LogP contribution in [0.5, 0.6) is 0 Å². The van der Waals surface area contributed by atoms with Crippen molar-refractivity contribution in [3.8, 4) is 0 Å². The van der Waals surface area contributed by atoms with E-state index in [1.165, 1.54) is 11.8 Å². The zero-order valence-corrected chi connectivity index (χ0v) is 24.9. The van der Waals surface area contributed by atoms with Gasteiger partial charge in [-0.3, -0.25) is 14.6 Å². The van der Waals surface area contributed by atoms with Gasteiger partial charge in [-0.2, -0.15) is 0 Å². The summed E-state index contributed by atoms with van der Waals surface area (Å²) in [6.45, 7) is 6.47. The summed E-state index contributed by atoms with van der Waals surface area (Å²) in [6, 6.07) is 10.0. The van der Waals surface area contributed by atoms with Crippen molar-refractivity contribution in [1.29, 1.82) is 0 Å². The fraction of sp³-hybridized carbons (Fsp3) is 0.559. The third-order valence-electron chi connectivity index (χ3n) is 11.2. The van der Waals surface area contributed by atoms with Gasteiger partial charge in [-0.05, 0) is 68.2 Å². The van der Waals surface area contributed by atoms with Gasteiger partial charge < -0.3 is 14.6 Å². The zero-order valence-electron chi connectivity index (χ0n) is 24.0. The van der Waals surface area contributed by atoms with Gasteiger partial charge in [0.05, 0.1) is 23.5 Å². The van der Waals surface area contributed by atoms with Crippen molar-refractivity contribution < 1.29 is 24.2 Å². The van der Waals surface area contributed by atoms with Crippen LogP contribution >= 0.6 is 11.8 Å². The lowest BCUT2D eigenvalue weighted by Gasteiger charge is -2.59. The maximum atomic E-state index is 14.6. The number of carbonyl (C=O) groups excluding carboxylic acids is 2. The van der Waals surface area contributed by atoms with E-state index in [1.807, 2.05) is 36.4 Å². The molecule has 4 fully saturated rings. The van der Waals surface area contributed by atoms with Gasteiger partial charge in [0.1, 0.15) is 0 Å². The molecule has 7 heteroatoms. The number of fused-ring (bicyclic) bond motifs is 8. The van der Waals surface area contributed by atoms with Crippen LogP contribution in [0.1, 0.15) is 59.3 Å². The van der Waals surface area contributed by atoms with Crippen molar-refractivity contribution in [1.82, 2.24) is 4.98 Å². The number of ether oxygens (including phenoxy) is 2. The maximum Gasteiger partial charge on any atom is 0.178 e. The highest BCUT2D eigenvalue weighted by Gasteiger charge is 2.75. The van der Waals surface area contributed by atoms with E-state index in [-0.39, 0.29) is 46.6 Å². The minimum absolute atomic E-state index is 0.00141. The number of nitrogens with zero attached hydrogens (tertiary/aromatic N) is 1. The molecule has 1 aromatic heterocycles. The van der Waals surface area contributed by atoms with E-state index in [1.54, 1.807) is 18.3 Å². The number of rotatable bonds is 6. The monoisotopic (exact) mass is 573 g/mol. The molecule has 3 saturated carbocycles. The van der Waals surface area contributed by atoms with Gasteiger partial charge in [0, 0.05) is 33.2 Å². The van der Waals surface area contributed by atoms with E-state index < -0.39 is 23.4 Å². The largest absolute Gasteiger partial charge is 0.393 e. The summed E-state index contributed by atoms with van der Waals surface area (Å²) < 4.78 is 13.4. The first-order valence-corrected chi connectivity index (χ1v) is 16.2. The lowest BCUT2D eigenvalue weighted by atomic mass is 9.46. The summed E-state index contributed by atoms with van der Waals surface area (Å²) in [5, 5.41) is 13.0. The molecule has 0 bridgehead atoms. The molecular formula is C34H39NO5S. The van der Waals surface area contributed by atoms with Crippen LogP contribution in [0.4, 0.5) is 0 Å². The molecule has 41 heavy (non-hydrogen) atoms. The van der Waals surface area contributed by atoms with Crippen LogP contribution < -0.4 is 0 Å².